The minimum atomic E-state index is -5.39. The molecule has 0 fully saturated rings. The van der Waals surface area contributed by atoms with Crippen molar-refractivity contribution in [1.29, 1.82) is 0 Å². The molecule has 1 unspecified atom stereocenters. The van der Waals surface area contributed by atoms with Crippen LogP contribution in [0.1, 0.15) is 91.8 Å². The Morgan fingerprint density at radius 3 is 1.96 bits per heavy atom. The predicted octanol–water partition coefficient (Wildman–Crippen LogP) is 9.36. The molecule has 0 aliphatic rings. The second-order valence-electron chi connectivity index (χ2n) is 13.8. The fraction of sp³-hybridized carbons (Fsp3) is 0.500. The first-order valence-electron chi connectivity index (χ1n) is 17.0. The maximum absolute atomic E-state index is 16.6. The normalized spacial score (nSPS) is 13.5. The lowest BCUT2D eigenvalue weighted by Gasteiger charge is -2.26. The third kappa shape index (κ3) is 10.7. The largest absolute Gasteiger partial charge is 0.466 e. The molecule has 292 valence electrons. The Hall–Kier alpha value is -4.14. The smallest absolute Gasteiger partial charge is 0.419 e. The van der Waals surface area contributed by atoms with Crippen molar-refractivity contribution in [3.63, 3.8) is 0 Å². The van der Waals surface area contributed by atoms with Gasteiger partial charge in [0.2, 0.25) is 0 Å². The van der Waals surface area contributed by atoms with Crippen LogP contribution in [0.3, 0.4) is 0 Å². The van der Waals surface area contributed by atoms with Crippen molar-refractivity contribution in [2.24, 2.45) is 5.92 Å². The standard InChI is InChI=1S/C38H43F9N2O4/c1-8-53-32(52)16-24(34-35(40)26(17-28(36(34)41)38(45,46)47)33-21(4)13-25(39)14-22(33)5)15-30(50)29(12-20(2)3)49-19-23(10-9-11-48(6)7)27(18-31(49)51)37(42,43)44/h13-14,17-20,24,29H,8-12,15-16H2,1-7H3/t24-,29?/m0/s1. The van der Waals surface area contributed by atoms with E-state index < -0.39 is 94.2 Å². The minimum absolute atomic E-state index is 0.0187. The van der Waals surface area contributed by atoms with Crippen molar-refractivity contribution in [3.8, 4) is 11.1 Å². The van der Waals surface area contributed by atoms with Crippen molar-refractivity contribution in [2.45, 2.75) is 91.0 Å². The van der Waals surface area contributed by atoms with E-state index in [0.717, 1.165) is 22.9 Å². The molecule has 0 bridgehead atoms. The fourth-order valence-electron chi connectivity index (χ4n) is 6.55. The van der Waals surface area contributed by atoms with Gasteiger partial charge in [0.25, 0.3) is 5.56 Å². The maximum atomic E-state index is 16.6. The number of nitrogens with zero attached hydrogens (tertiary/aromatic N) is 2. The average Bonchev–Trinajstić information content (AvgIpc) is 2.99. The van der Waals surface area contributed by atoms with Gasteiger partial charge in [0, 0.05) is 35.7 Å². The first-order chi connectivity index (χ1) is 24.5. The lowest BCUT2D eigenvalue weighted by Crippen LogP contribution is -2.33. The monoisotopic (exact) mass is 762 g/mol. The summed E-state index contributed by atoms with van der Waals surface area (Å²) in [5.41, 5.74) is -6.74. The van der Waals surface area contributed by atoms with E-state index in [4.69, 9.17) is 4.74 Å². The first kappa shape index (κ1) is 43.3. The number of aryl methyl sites for hydroxylation is 3. The number of rotatable bonds is 15. The zero-order valence-electron chi connectivity index (χ0n) is 30.5. The van der Waals surface area contributed by atoms with Gasteiger partial charge in [-0.3, -0.25) is 14.4 Å². The fourth-order valence-corrected chi connectivity index (χ4v) is 6.55. The van der Waals surface area contributed by atoms with Gasteiger partial charge in [-0.1, -0.05) is 13.8 Å². The SMILES string of the molecule is CCOC(=O)C[C@H](CC(=O)C(CC(C)C)n1cc(CCCN(C)C)c(C(F)(F)F)cc1=O)c1c(F)c(-c2c(C)cc(F)cc2C)cc(C(F)(F)F)c1F. The van der Waals surface area contributed by atoms with Crippen LogP contribution < -0.4 is 5.56 Å². The van der Waals surface area contributed by atoms with Crippen molar-refractivity contribution in [2.75, 3.05) is 27.2 Å². The number of carbonyl (C=O) groups excluding carboxylic acids is 2. The Labute approximate surface area is 301 Å². The zero-order valence-corrected chi connectivity index (χ0v) is 30.5. The maximum Gasteiger partial charge on any atom is 0.419 e. The van der Waals surface area contributed by atoms with Crippen LogP contribution in [0, 0.1) is 37.2 Å². The van der Waals surface area contributed by atoms with Crippen molar-refractivity contribution in [3.05, 3.63) is 91.6 Å². The second kappa shape index (κ2) is 17.3. The molecule has 0 saturated heterocycles. The van der Waals surface area contributed by atoms with Crippen LogP contribution in [0.4, 0.5) is 39.5 Å². The number of benzene rings is 2. The zero-order chi connectivity index (χ0) is 40.2. The predicted molar refractivity (Wildman–Crippen MR) is 181 cm³/mol. The molecule has 0 spiro atoms. The van der Waals surface area contributed by atoms with E-state index in [1.54, 1.807) is 32.8 Å². The number of alkyl halides is 6. The summed E-state index contributed by atoms with van der Waals surface area (Å²) >= 11 is 0. The number of esters is 1. The molecule has 2 atom stereocenters. The molecule has 0 saturated carbocycles. The molecular formula is C38H43F9N2O4. The minimum Gasteiger partial charge on any atom is -0.466 e. The molecule has 1 aromatic heterocycles. The van der Waals surface area contributed by atoms with Crippen molar-refractivity contribution < 1.29 is 53.8 Å². The van der Waals surface area contributed by atoms with Gasteiger partial charge < -0.3 is 14.2 Å². The van der Waals surface area contributed by atoms with E-state index in [1.165, 1.54) is 20.8 Å². The third-order valence-electron chi connectivity index (χ3n) is 8.80. The molecule has 0 radical (unpaired) electrons. The molecule has 0 aliphatic carbocycles. The van der Waals surface area contributed by atoms with Gasteiger partial charge in [-0.2, -0.15) is 26.3 Å². The Balaban J connectivity index is 2.31. The van der Waals surface area contributed by atoms with Crippen molar-refractivity contribution in [1.82, 2.24) is 9.47 Å². The summed E-state index contributed by atoms with van der Waals surface area (Å²) in [4.78, 5) is 42.0. The van der Waals surface area contributed by atoms with E-state index in [0.29, 0.717) is 12.6 Å². The molecule has 15 heteroatoms. The van der Waals surface area contributed by atoms with E-state index in [2.05, 4.69) is 0 Å². The third-order valence-corrected chi connectivity index (χ3v) is 8.80. The Morgan fingerprint density at radius 1 is 0.868 bits per heavy atom. The number of halogens is 9. The number of hydrogen-bond donors (Lipinski definition) is 0. The van der Waals surface area contributed by atoms with Crippen LogP contribution in [-0.2, 0) is 33.1 Å². The van der Waals surface area contributed by atoms with Crippen LogP contribution in [-0.4, -0.2) is 48.5 Å². The number of pyridine rings is 1. The van der Waals surface area contributed by atoms with Gasteiger partial charge in [0.15, 0.2) is 5.78 Å². The first-order valence-corrected chi connectivity index (χ1v) is 17.0. The molecule has 6 nitrogen and oxygen atoms in total. The van der Waals surface area contributed by atoms with Crippen LogP contribution >= 0.6 is 0 Å². The topological polar surface area (TPSA) is 68.6 Å². The Kier molecular flexibility index (Phi) is 14.2. The molecule has 0 aliphatic heterocycles. The summed E-state index contributed by atoms with van der Waals surface area (Å²) in [5, 5.41) is 0. The van der Waals surface area contributed by atoms with Crippen LogP contribution in [0.2, 0.25) is 0 Å². The molecule has 2 aromatic carbocycles. The lowest BCUT2D eigenvalue weighted by molar-refractivity contribution is -0.143. The summed E-state index contributed by atoms with van der Waals surface area (Å²) in [6, 6.07) is 0.981. The molecule has 1 heterocycles. The number of hydrogen-bond acceptors (Lipinski definition) is 5. The number of ether oxygens (including phenoxy) is 1. The lowest BCUT2D eigenvalue weighted by atomic mass is 9.83. The summed E-state index contributed by atoms with van der Waals surface area (Å²) in [6.45, 7) is 7.51. The van der Waals surface area contributed by atoms with Crippen LogP contribution in [0.5, 0.6) is 0 Å². The van der Waals surface area contributed by atoms with Gasteiger partial charge in [-0.05, 0) is 107 Å². The van der Waals surface area contributed by atoms with Crippen molar-refractivity contribution >= 4 is 11.8 Å². The molecule has 0 N–H and O–H groups in total. The van der Waals surface area contributed by atoms with Gasteiger partial charge >= 0.3 is 18.3 Å². The van der Waals surface area contributed by atoms with Gasteiger partial charge in [0.1, 0.15) is 17.5 Å². The molecule has 3 aromatic rings. The van der Waals surface area contributed by atoms with E-state index in [-0.39, 0.29) is 60.1 Å². The molecule has 0 amide bonds. The van der Waals surface area contributed by atoms with Crippen LogP contribution in [0.15, 0.2) is 35.3 Å². The summed E-state index contributed by atoms with van der Waals surface area (Å²) in [5.74, 6) is -8.77. The molecular weight excluding hydrogens is 719 g/mol. The summed E-state index contributed by atoms with van der Waals surface area (Å²) in [7, 11) is 3.44. The number of ketones is 1. The Bertz CT molecular complexity index is 1840. The van der Waals surface area contributed by atoms with E-state index in [9.17, 15) is 45.1 Å². The molecule has 3 rings (SSSR count). The summed E-state index contributed by atoms with van der Waals surface area (Å²) in [6.07, 6.45) is -11.4. The average molecular weight is 763 g/mol. The Morgan fingerprint density at radius 2 is 1.45 bits per heavy atom. The van der Waals surface area contributed by atoms with Gasteiger partial charge in [-0.15, -0.1) is 0 Å². The second-order valence-corrected chi connectivity index (χ2v) is 13.8. The van der Waals surface area contributed by atoms with Gasteiger partial charge in [-0.25, -0.2) is 13.2 Å². The number of aromatic nitrogens is 1. The number of carbonyl (C=O) groups is 2. The molecule has 53 heavy (non-hydrogen) atoms. The highest BCUT2D eigenvalue weighted by Gasteiger charge is 2.41. The highest BCUT2D eigenvalue weighted by atomic mass is 19.4. The van der Waals surface area contributed by atoms with E-state index >= 15 is 8.78 Å². The highest BCUT2D eigenvalue weighted by molar-refractivity contribution is 5.85. The quantitative estimate of drug-likeness (QED) is 0.114. The number of Topliss-reactive ketones (excluding diaryl/α,β-unsaturated/α-hetero) is 1. The summed E-state index contributed by atoms with van der Waals surface area (Å²) < 4.78 is 138. The van der Waals surface area contributed by atoms with E-state index in [1.807, 2.05) is 0 Å². The van der Waals surface area contributed by atoms with Gasteiger partial charge in [0.05, 0.1) is 30.2 Å². The van der Waals surface area contributed by atoms with Crippen LogP contribution in [0.25, 0.3) is 11.1 Å². The highest BCUT2D eigenvalue weighted by Crippen LogP contribution is 2.44.